The highest BCUT2D eigenvalue weighted by molar-refractivity contribution is 5.78. The fourth-order valence-electron chi connectivity index (χ4n) is 2.54. The summed E-state index contributed by atoms with van der Waals surface area (Å²) in [6.07, 6.45) is 27.9. The molecule has 0 fully saturated rings. The molecule has 0 unspecified atom stereocenters. The molecule has 0 aromatic rings. The van der Waals surface area contributed by atoms with Gasteiger partial charge in [0, 0.05) is 12.8 Å². The first-order chi connectivity index (χ1) is 13.2. The van der Waals surface area contributed by atoms with Crippen LogP contribution in [0.2, 0.25) is 0 Å². The number of unbranched alkanes of at least 4 members (excludes halogenated alkanes) is 4. The van der Waals surface area contributed by atoms with Crippen LogP contribution in [0.5, 0.6) is 0 Å². The van der Waals surface area contributed by atoms with Crippen molar-refractivity contribution >= 4 is 12.3 Å². The Morgan fingerprint density at radius 3 is 1.85 bits per heavy atom. The number of allylic oxidation sites excluding steroid dienone is 8. The average molecular weight is 375 g/mol. The Balaban J connectivity index is 3.53. The van der Waals surface area contributed by atoms with E-state index in [0.29, 0.717) is 19.3 Å². The molecule has 0 aliphatic heterocycles. The summed E-state index contributed by atoms with van der Waals surface area (Å²) in [5, 5.41) is 0. The van der Waals surface area contributed by atoms with Crippen LogP contribution in [-0.4, -0.2) is 18.4 Å². The molecule has 0 aliphatic carbocycles. The fraction of sp³-hybridized carbons (Fsp3) is 0.583. The summed E-state index contributed by atoms with van der Waals surface area (Å²) in [5.74, 6) is 0.153. The van der Waals surface area contributed by atoms with Crippen LogP contribution in [-0.2, 0) is 14.3 Å². The summed E-state index contributed by atoms with van der Waals surface area (Å²) in [7, 11) is 0. The van der Waals surface area contributed by atoms with Gasteiger partial charge in [0.05, 0.1) is 0 Å². The van der Waals surface area contributed by atoms with Gasteiger partial charge in [-0.2, -0.15) is 0 Å². The lowest BCUT2D eigenvalue weighted by molar-refractivity contribution is -0.134. The van der Waals surface area contributed by atoms with E-state index in [9.17, 15) is 9.59 Å². The minimum Gasteiger partial charge on any atom is -0.464 e. The van der Waals surface area contributed by atoms with E-state index in [-0.39, 0.29) is 11.9 Å². The lowest BCUT2D eigenvalue weighted by Gasteiger charge is -2.07. The van der Waals surface area contributed by atoms with Crippen molar-refractivity contribution in [1.82, 2.24) is 0 Å². The van der Waals surface area contributed by atoms with Gasteiger partial charge in [-0.15, -0.1) is 0 Å². The Morgan fingerprint density at radius 1 is 0.815 bits per heavy atom. The SMILES string of the molecule is CCCCC/C=C\C/C=C\C/C=C\C/C=C\CCCC(=O)C[C@@H](C)OC=O. The number of carbonyl (C=O) groups excluding carboxylic acids is 2. The van der Waals surface area contributed by atoms with Crippen LogP contribution in [0, 0.1) is 0 Å². The van der Waals surface area contributed by atoms with Crippen LogP contribution >= 0.6 is 0 Å². The second-order valence-corrected chi connectivity index (χ2v) is 6.77. The lowest BCUT2D eigenvalue weighted by atomic mass is 10.1. The van der Waals surface area contributed by atoms with E-state index in [1.54, 1.807) is 6.92 Å². The fourth-order valence-corrected chi connectivity index (χ4v) is 2.54. The molecule has 0 rings (SSSR count). The van der Waals surface area contributed by atoms with E-state index >= 15 is 0 Å². The zero-order chi connectivity index (χ0) is 20.0. The van der Waals surface area contributed by atoms with Gasteiger partial charge in [0.1, 0.15) is 11.9 Å². The zero-order valence-electron chi connectivity index (χ0n) is 17.3. The maximum Gasteiger partial charge on any atom is 0.293 e. The predicted molar refractivity (Wildman–Crippen MR) is 115 cm³/mol. The number of ketones is 1. The number of rotatable bonds is 18. The first-order valence-corrected chi connectivity index (χ1v) is 10.4. The smallest absolute Gasteiger partial charge is 0.293 e. The van der Waals surface area contributed by atoms with Crippen LogP contribution in [0.25, 0.3) is 0 Å². The Bertz CT molecular complexity index is 472. The summed E-state index contributed by atoms with van der Waals surface area (Å²) in [6, 6.07) is 0. The van der Waals surface area contributed by atoms with Crippen LogP contribution in [0.4, 0.5) is 0 Å². The number of ether oxygens (including phenoxy) is 1. The Morgan fingerprint density at radius 2 is 1.33 bits per heavy atom. The first kappa shape index (κ1) is 25.1. The summed E-state index contributed by atoms with van der Waals surface area (Å²) < 4.78 is 4.72. The van der Waals surface area contributed by atoms with E-state index in [1.807, 2.05) is 0 Å². The van der Waals surface area contributed by atoms with Gasteiger partial charge in [-0.1, -0.05) is 68.4 Å². The molecule has 0 aliphatic rings. The molecule has 1 atom stereocenters. The summed E-state index contributed by atoms with van der Waals surface area (Å²) in [4.78, 5) is 21.8. The van der Waals surface area contributed by atoms with Crippen molar-refractivity contribution < 1.29 is 14.3 Å². The topological polar surface area (TPSA) is 43.4 Å². The van der Waals surface area contributed by atoms with E-state index in [1.165, 1.54) is 25.7 Å². The predicted octanol–water partition coefficient (Wildman–Crippen LogP) is 6.65. The van der Waals surface area contributed by atoms with Crippen molar-refractivity contribution in [2.45, 2.75) is 90.6 Å². The molecular weight excluding hydrogens is 336 g/mol. The molecule has 0 saturated carbocycles. The molecule has 0 bridgehead atoms. The quantitative estimate of drug-likeness (QED) is 0.153. The van der Waals surface area contributed by atoms with Crippen molar-refractivity contribution in [3.63, 3.8) is 0 Å². The number of Topliss-reactive ketones (excluding diaryl/α,β-unsaturated/α-hetero) is 1. The summed E-state index contributed by atoms with van der Waals surface area (Å²) in [6.45, 7) is 4.37. The molecule has 0 N–H and O–H groups in total. The van der Waals surface area contributed by atoms with E-state index in [0.717, 1.165) is 32.1 Å². The number of hydrogen-bond acceptors (Lipinski definition) is 3. The van der Waals surface area contributed by atoms with Crippen LogP contribution in [0.1, 0.15) is 84.5 Å². The first-order valence-electron chi connectivity index (χ1n) is 10.4. The van der Waals surface area contributed by atoms with E-state index < -0.39 is 0 Å². The standard InChI is InChI=1S/C24H38O3/c1-3-4-5-6-7-8-9-10-11-12-13-14-15-16-17-18-19-20-24(26)21-23(2)27-22-25/h7-8,10-11,13-14,16-17,22-23H,3-6,9,12,15,18-21H2,1-2H3/b8-7-,11-10-,14-13-,17-16-/t23-/m1/s1. The van der Waals surface area contributed by atoms with Crippen molar-refractivity contribution in [1.29, 1.82) is 0 Å². The highest BCUT2D eigenvalue weighted by Crippen LogP contribution is 2.05. The van der Waals surface area contributed by atoms with Gasteiger partial charge in [-0.05, 0) is 51.9 Å². The maximum atomic E-state index is 11.6. The number of hydrogen-bond donors (Lipinski definition) is 0. The van der Waals surface area contributed by atoms with Gasteiger partial charge in [-0.3, -0.25) is 9.59 Å². The van der Waals surface area contributed by atoms with Crippen LogP contribution in [0.15, 0.2) is 48.6 Å². The van der Waals surface area contributed by atoms with Gasteiger partial charge in [0.25, 0.3) is 6.47 Å². The van der Waals surface area contributed by atoms with Crippen molar-refractivity contribution in [2.75, 3.05) is 0 Å². The van der Waals surface area contributed by atoms with Crippen LogP contribution < -0.4 is 0 Å². The molecule has 0 aromatic carbocycles. The molecule has 0 spiro atoms. The lowest BCUT2D eigenvalue weighted by Crippen LogP contribution is -2.13. The van der Waals surface area contributed by atoms with Gasteiger partial charge in [0.15, 0.2) is 0 Å². The largest absolute Gasteiger partial charge is 0.464 e. The molecule has 27 heavy (non-hydrogen) atoms. The monoisotopic (exact) mass is 374 g/mol. The molecule has 3 nitrogen and oxygen atoms in total. The van der Waals surface area contributed by atoms with Crippen molar-refractivity contribution in [3.05, 3.63) is 48.6 Å². The molecule has 0 saturated heterocycles. The highest BCUT2D eigenvalue weighted by atomic mass is 16.5. The maximum absolute atomic E-state index is 11.6. The third kappa shape index (κ3) is 20.3. The van der Waals surface area contributed by atoms with Crippen molar-refractivity contribution in [3.8, 4) is 0 Å². The zero-order valence-corrected chi connectivity index (χ0v) is 17.3. The van der Waals surface area contributed by atoms with Crippen molar-refractivity contribution in [2.24, 2.45) is 0 Å². The molecule has 3 heteroatoms. The Labute approximate surface area is 166 Å². The minimum atomic E-state index is -0.313. The summed E-state index contributed by atoms with van der Waals surface area (Å²) in [5.41, 5.74) is 0. The third-order valence-corrected chi connectivity index (χ3v) is 4.09. The number of carbonyl (C=O) groups is 2. The second kappa shape index (κ2) is 20.4. The van der Waals surface area contributed by atoms with Gasteiger partial charge < -0.3 is 4.74 Å². The minimum absolute atomic E-state index is 0.153. The second-order valence-electron chi connectivity index (χ2n) is 6.77. The molecule has 0 radical (unpaired) electrons. The Hall–Kier alpha value is -1.90. The average Bonchev–Trinajstić information content (AvgIpc) is 2.64. The summed E-state index contributed by atoms with van der Waals surface area (Å²) >= 11 is 0. The van der Waals surface area contributed by atoms with Gasteiger partial charge >= 0.3 is 0 Å². The van der Waals surface area contributed by atoms with Crippen LogP contribution in [0.3, 0.4) is 0 Å². The molecule has 0 aromatic heterocycles. The van der Waals surface area contributed by atoms with Gasteiger partial charge in [0.2, 0.25) is 0 Å². The van der Waals surface area contributed by atoms with E-state index in [2.05, 4.69) is 55.5 Å². The van der Waals surface area contributed by atoms with Gasteiger partial charge in [-0.25, -0.2) is 0 Å². The molecular formula is C24H38O3. The molecule has 0 amide bonds. The Kier molecular flexibility index (Phi) is 19.0. The normalized spacial score (nSPS) is 13.3. The molecule has 152 valence electrons. The highest BCUT2D eigenvalue weighted by Gasteiger charge is 2.08. The van der Waals surface area contributed by atoms with E-state index in [4.69, 9.17) is 4.74 Å². The molecule has 0 heterocycles. The third-order valence-electron chi connectivity index (χ3n) is 4.09.